The van der Waals surface area contributed by atoms with Crippen LogP contribution in [-0.4, -0.2) is 28.5 Å². The zero-order valence-electron chi connectivity index (χ0n) is 9.13. The molecule has 102 valence electrons. The lowest BCUT2D eigenvalue weighted by Crippen LogP contribution is -2.22. The molecule has 0 atom stereocenters. The van der Waals surface area contributed by atoms with Gasteiger partial charge in [-0.2, -0.15) is 8.42 Å². The quantitative estimate of drug-likeness (QED) is 0.654. The second-order valence-electron chi connectivity index (χ2n) is 3.34. The number of halogens is 1. The summed E-state index contributed by atoms with van der Waals surface area (Å²) in [5, 5.41) is 4.80. The van der Waals surface area contributed by atoms with Crippen LogP contribution < -0.4 is 14.6 Å². The molecular weight excluding hydrogens is 302 g/mol. The predicted molar refractivity (Wildman–Crippen MR) is 71.3 cm³/mol. The summed E-state index contributed by atoms with van der Waals surface area (Å²) in [6, 6.07) is 5.69. The fourth-order valence-corrected chi connectivity index (χ4v) is 3.00. The van der Waals surface area contributed by atoms with Gasteiger partial charge in [0.25, 0.3) is 10.2 Å². The second kappa shape index (κ2) is 5.74. The van der Waals surface area contributed by atoms with Crippen molar-refractivity contribution < 1.29 is 16.8 Å². The number of benzene rings is 1. The molecule has 7 nitrogen and oxygen atoms in total. The highest BCUT2D eigenvalue weighted by Crippen LogP contribution is 2.16. The summed E-state index contributed by atoms with van der Waals surface area (Å²) >= 11 is 5.34. The highest BCUT2D eigenvalue weighted by molar-refractivity contribution is 7.92. The second-order valence-corrected chi connectivity index (χ2v) is 6.85. The minimum absolute atomic E-state index is 0.0372. The van der Waals surface area contributed by atoms with E-state index in [0.717, 1.165) is 0 Å². The van der Waals surface area contributed by atoms with Gasteiger partial charge in [-0.1, -0.05) is 6.07 Å². The van der Waals surface area contributed by atoms with Gasteiger partial charge >= 0.3 is 0 Å². The maximum Gasteiger partial charge on any atom is 0.296 e. The summed E-state index contributed by atoms with van der Waals surface area (Å²) in [6.45, 7) is 0. The van der Waals surface area contributed by atoms with Crippen molar-refractivity contribution >= 4 is 43.2 Å². The molecule has 0 radical (unpaired) electrons. The normalized spacial score (nSPS) is 12.1. The molecular formula is C8H12ClN3O4S2. The molecule has 1 aromatic rings. The van der Waals surface area contributed by atoms with Crippen molar-refractivity contribution in [2.24, 2.45) is 5.14 Å². The van der Waals surface area contributed by atoms with E-state index in [0.29, 0.717) is 0 Å². The Bertz CT molecular complexity index is 615. The standard InChI is InChI=1S/C8H12ClN3O4S2/c9-4-5-17(13,14)11-7-2-1-3-8(6-7)12-18(10,15)16/h1-3,6,11-12H,4-5H2,(H2,10,15,16). The Balaban J connectivity index is 2.90. The van der Waals surface area contributed by atoms with Gasteiger partial charge in [0.2, 0.25) is 10.0 Å². The molecule has 10 heteroatoms. The van der Waals surface area contributed by atoms with Gasteiger partial charge in [0.1, 0.15) is 0 Å². The van der Waals surface area contributed by atoms with Gasteiger partial charge in [0.15, 0.2) is 0 Å². The highest BCUT2D eigenvalue weighted by Gasteiger charge is 2.10. The average molecular weight is 314 g/mol. The van der Waals surface area contributed by atoms with Crippen LogP contribution in [0.4, 0.5) is 11.4 Å². The number of rotatable bonds is 6. The molecule has 0 aliphatic rings. The lowest BCUT2D eigenvalue weighted by atomic mass is 10.3. The van der Waals surface area contributed by atoms with Crippen molar-refractivity contribution in [3.05, 3.63) is 24.3 Å². The van der Waals surface area contributed by atoms with Crippen LogP contribution in [0.1, 0.15) is 0 Å². The number of nitrogens with two attached hydrogens (primary N) is 1. The summed E-state index contributed by atoms with van der Waals surface area (Å²) in [4.78, 5) is 0. The van der Waals surface area contributed by atoms with Crippen LogP contribution in [0.25, 0.3) is 0 Å². The molecule has 4 N–H and O–H groups in total. The van der Waals surface area contributed by atoms with Crippen LogP contribution in [0.3, 0.4) is 0 Å². The zero-order valence-corrected chi connectivity index (χ0v) is 11.5. The summed E-state index contributed by atoms with van der Waals surface area (Å²) in [7, 11) is -7.43. The van der Waals surface area contributed by atoms with Crippen molar-refractivity contribution in [1.82, 2.24) is 0 Å². The highest BCUT2D eigenvalue weighted by atomic mass is 35.5. The van der Waals surface area contributed by atoms with E-state index < -0.39 is 20.2 Å². The number of anilines is 2. The molecule has 1 rings (SSSR count). The molecule has 0 heterocycles. The molecule has 18 heavy (non-hydrogen) atoms. The van der Waals surface area contributed by atoms with Gasteiger partial charge in [-0.3, -0.25) is 9.44 Å². The monoisotopic (exact) mass is 313 g/mol. The Hall–Kier alpha value is -1.03. The van der Waals surface area contributed by atoms with Gasteiger partial charge in [-0.15, -0.1) is 11.6 Å². The molecule has 0 fully saturated rings. The van der Waals surface area contributed by atoms with Crippen molar-refractivity contribution in [3.63, 3.8) is 0 Å². The van der Waals surface area contributed by atoms with Gasteiger partial charge in [-0.25, -0.2) is 13.6 Å². The number of hydrogen-bond acceptors (Lipinski definition) is 4. The van der Waals surface area contributed by atoms with Crippen LogP contribution in [0, 0.1) is 0 Å². The minimum Gasteiger partial charge on any atom is -0.283 e. The van der Waals surface area contributed by atoms with E-state index in [1.807, 2.05) is 4.72 Å². The molecule has 0 bridgehead atoms. The molecule has 0 saturated heterocycles. The lowest BCUT2D eigenvalue weighted by Gasteiger charge is -2.09. The summed E-state index contributed by atoms with van der Waals surface area (Å²) < 4.78 is 48.8. The van der Waals surface area contributed by atoms with Gasteiger partial charge in [0.05, 0.1) is 17.1 Å². The maximum absolute atomic E-state index is 11.4. The molecule has 1 aromatic carbocycles. The third-order valence-electron chi connectivity index (χ3n) is 1.74. The first kappa shape index (κ1) is 15.0. The van der Waals surface area contributed by atoms with Gasteiger partial charge in [0, 0.05) is 5.88 Å². The molecule has 0 saturated carbocycles. The molecule has 0 aromatic heterocycles. The summed E-state index contributed by atoms with van der Waals surface area (Å²) in [5.74, 6) is -0.272. The van der Waals surface area contributed by atoms with E-state index in [2.05, 4.69) is 4.72 Å². The summed E-state index contributed by atoms with van der Waals surface area (Å²) in [6.07, 6.45) is 0. The topological polar surface area (TPSA) is 118 Å². The Morgan fingerprint density at radius 2 is 1.67 bits per heavy atom. The number of hydrogen-bond donors (Lipinski definition) is 3. The third kappa shape index (κ3) is 5.54. The molecule has 0 unspecified atom stereocenters. The fourth-order valence-electron chi connectivity index (χ4n) is 1.14. The minimum atomic E-state index is -3.90. The zero-order chi connectivity index (χ0) is 13.8. The molecule has 0 aliphatic carbocycles. The van der Waals surface area contributed by atoms with E-state index in [9.17, 15) is 16.8 Å². The van der Waals surface area contributed by atoms with Gasteiger partial charge < -0.3 is 0 Å². The Labute approximate surface area is 111 Å². The largest absolute Gasteiger partial charge is 0.296 e. The molecule has 0 amide bonds. The fraction of sp³-hybridized carbons (Fsp3) is 0.250. The Morgan fingerprint density at radius 1 is 1.11 bits per heavy atom. The molecule has 0 spiro atoms. The van der Waals surface area contributed by atoms with E-state index in [1.165, 1.54) is 24.3 Å². The number of alkyl halides is 1. The van der Waals surface area contributed by atoms with E-state index in [4.69, 9.17) is 16.7 Å². The van der Waals surface area contributed by atoms with Crippen molar-refractivity contribution in [2.75, 3.05) is 21.1 Å². The number of sulfonamides is 1. The van der Waals surface area contributed by atoms with E-state index in [-0.39, 0.29) is 23.0 Å². The Morgan fingerprint density at radius 3 is 2.17 bits per heavy atom. The van der Waals surface area contributed by atoms with Crippen molar-refractivity contribution in [1.29, 1.82) is 0 Å². The first-order valence-corrected chi connectivity index (χ1v) is 8.42. The van der Waals surface area contributed by atoms with Crippen LogP contribution in [0.5, 0.6) is 0 Å². The first-order valence-electron chi connectivity index (χ1n) is 4.69. The smallest absolute Gasteiger partial charge is 0.283 e. The molecule has 0 aliphatic heterocycles. The van der Waals surface area contributed by atoms with Crippen LogP contribution in [-0.2, 0) is 20.2 Å². The average Bonchev–Trinajstić information content (AvgIpc) is 2.13. The SMILES string of the molecule is NS(=O)(=O)Nc1cccc(NS(=O)(=O)CCCl)c1. The lowest BCUT2D eigenvalue weighted by molar-refractivity contribution is 0.601. The Kier molecular flexibility index (Phi) is 4.79. The number of nitrogens with one attached hydrogen (secondary N) is 2. The predicted octanol–water partition coefficient (Wildman–Crippen LogP) is 0.282. The summed E-state index contributed by atoms with van der Waals surface area (Å²) in [5.41, 5.74) is 0.373. The van der Waals surface area contributed by atoms with Gasteiger partial charge in [-0.05, 0) is 18.2 Å². The van der Waals surface area contributed by atoms with Crippen LogP contribution in [0.2, 0.25) is 0 Å². The maximum atomic E-state index is 11.4. The van der Waals surface area contributed by atoms with Crippen molar-refractivity contribution in [2.45, 2.75) is 0 Å². The van der Waals surface area contributed by atoms with E-state index >= 15 is 0 Å². The van der Waals surface area contributed by atoms with E-state index in [1.54, 1.807) is 0 Å². The van der Waals surface area contributed by atoms with Crippen LogP contribution in [0.15, 0.2) is 24.3 Å². The first-order chi connectivity index (χ1) is 8.22. The van der Waals surface area contributed by atoms with Crippen LogP contribution >= 0.6 is 11.6 Å². The third-order valence-corrected chi connectivity index (χ3v) is 3.96. The van der Waals surface area contributed by atoms with Crippen molar-refractivity contribution in [3.8, 4) is 0 Å².